The van der Waals surface area contributed by atoms with Gasteiger partial charge in [0.15, 0.2) is 0 Å². The second-order valence-corrected chi connectivity index (χ2v) is 6.40. The molecule has 20 heavy (non-hydrogen) atoms. The predicted octanol–water partition coefficient (Wildman–Crippen LogP) is 1.80. The van der Waals surface area contributed by atoms with E-state index in [1.54, 1.807) is 0 Å². The molecular formula is C15H28N2O3. The van der Waals surface area contributed by atoms with E-state index in [9.17, 15) is 4.79 Å². The number of urea groups is 1. The van der Waals surface area contributed by atoms with Crippen LogP contribution >= 0.6 is 0 Å². The van der Waals surface area contributed by atoms with Crippen molar-refractivity contribution in [2.75, 3.05) is 19.8 Å². The summed E-state index contributed by atoms with van der Waals surface area (Å²) in [5.41, 5.74) is 0.0420. The Kier molecular flexibility index (Phi) is 5.66. The minimum atomic E-state index is -0.0881. The van der Waals surface area contributed by atoms with E-state index in [-0.39, 0.29) is 24.3 Å². The molecule has 0 aromatic rings. The van der Waals surface area contributed by atoms with Crippen LogP contribution in [-0.2, 0) is 4.74 Å². The second-order valence-electron chi connectivity index (χ2n) is 6.40. The monoisotopic (exact) mass is 284 g/mol. The number of ether oxygens (including phenoxy) is 1. The summed E-state index contributed by atoms with van der Waals surface area (Å²) in [7, 11) is 0. The van der Waals surface area contributed by atoms with E-state index in [0.717, 1.165) is 38.7 Å². The highest BCUT2D eigenvalue weighted by Crippen LogP contribution is 2.39. The highest BCUT2D eigenvalue weighted by molar-refractivity contribution is 5.74. The molecule has 0 aromatic carbocycles. The SMILES string of the molecule is CC(CCO)CNC(=O)NC1CCOC2(CCCC2)C1. The molecule has 116 valence electrons. The van der Waals surface area contributed by atoms with Gasteiger partial charge in [-0.15, -0.1) is 0 Å². The summed E-state index contributed by atoms with van der Waals surface area (Å²) in [4.78, 5) is 11.9. The maximum absolute atomic E-state index is 11.9. The maximum atomic E-state index is 11.9. The molecule has 1 aliphatic heterocycles. The van der Waals surface area contributed by atoms with Crippen molar-refractivity contribution >= 4 is 6.03 Å². The van der Waals surface area contributed by atoms with Crippen molar-refractivity contribution < 1.29 is 14.6 Å². The van der Waals surface area contributed by atoms with Gasteiger partial charge in [0.1, 0.15) is 0 Å². The quantitative estimate of drug-likeness (QED) is 0.721. The molecule has 5 nitrogen and oxygen atoms in total. The van der Waals surface area contributed by atoms with Gasteiger partial charge in [-0.05, 0) is 38.0 Å². The number of nitrogens with one attached hydrogen (secondary N) is 2. The number of rotatable bonds is 5. The minimum absolute atomic E-state index is 0.0420. The van der Waals surface area contributed by atoms with E-state index in [4.69, 9.17) is 9.84 Å². The summed E-state index contributed by atoms with van der Waals surface area (Å²) in [6.07, 6.45) is 7.35. The van der Waals surface area contributed by atoms with Crippen LogP contribution in [0.2, 0.25) is 0 Å². The van der Waals surface area contributed by atoms with Crippen LogP contribution in [0.25, 0.3) is 0 Å². The summed E-state index contributed by atoms with van der Waals surface area (Å²) in [5.74, 6) is 0.307. The van der Waals surface area contributed by atoms with Crippen LogP contribution in [0.5, 0.6) is 0 Å². The van der Waals surface area contributed by atoms with Crippen LogP contribution in [0.1, 0.15) is 51.9 Å². The molecule has 3 N–H and O–H groups in total. The van der Waals surface area contributed by atoms with Crippen molar-refractivity contribution in [2.45, 2.75) is 63.5 Å². The fraction of sp³-hybridized carbons (Fsp3) is 0.933. The number of carbonyl (C=O) groups is 1. The smallest absolute Gasteiger partial charge is 0.315 e. The Bertz CT molecular complexity index is 316. The van der Waals surface area contributed by atoms with Gasteiger partial charge in [-0.1, -0.05) is 19.8 Å². The van der Waals surface area contributed by atoms with Gasteiger partial charge in [0.25, 0.3) is 0 Å². The Labute approximate surface area is 121 Å². The summed E-state index contributed by atoms with van der Waals surface area (Å²) in [5, 5.41) is 14.8. The van der Waals surface area contributed by atoms with Gasteiger partial charge in [-0.3, -0.25) is 0 Å². The normalized spacial score (nSPS) is 26.4. The molecule has 0 aromatic heterocycles. The van der Waals surface area contributed by atoms with E-state index in [2.05, 4.69) is 10.6 Å². The largest absolute Gasteiger partial charge is 0.396 e. The van der Waals surface area contributed by atoms with Gasteiger partial charge in [0, 0.05) is 25.8 Å². The zero-order valence-electron chi connectivity index (χ0n) is 12.5. The van der Waals surface area contributed by atoms with Crippen molar-refractivity contribution in [2.24, 2.45) is 5.92 Å². The summed E-state index contributed by atoms with van der Waals surface area (Å²) in [6.45, 7) is 3.57. The molecule has 1 aliphatic carbocycles. The summed E-state index contributed by atoms with van der Waals surface area (Å²) < 4.78 is 5.97. The second kappa shape index (κ2) is 7.27. The van der Waals surface area contributed by atoms with Crippen LogP contribution < -0.4 is 10.6 Å². The molecule has 2 fully saturated rings. The Balaban J connectivity index is 1.71. The maximum Gasteiger partial charge on any atom is 0.315 e. The van der Waals surface area contributed by atoms with Crippen LogP contribution in [0.15, 0.2) is 0 Å². The molecule has 0 bridgehead atoms. The third-order valence-corrected chi connectivity index (χ3v) is 4.58. The molecule has 2 amide bonds. The molecular weight excluding hydrogens is 256 g/mol. The lowest BCUT2D eigenvalue weighted by atomic mass is 9.89. The molecule has 5 heteroatoms. The highest BCUT2D eigenvalue weighted by Gasteiger charge is 2.40. The zero-order valence-corrected chi connectivity index (χ0v) is 12.5. The Morgan fingerprint density at radius 2 is 2.20 bits per heavy atom. The molecule has 1 saturated carbocycles. The van der Waals surface area contributed by atoms with E-state index in [1.165, 1.54) is 12.8 Å². The Hall–Kier alpha value is -0.810. The summed E-state index contributed by atoms with van der Waals surface area (Å²) in [6, 6.07) is 0.143. The molecule has 2 rings (SSSR count). The van der Waals surface area contributed by atoms with Crippen LogP contribution in [-0.4, -0.2) is 42.5 Å². The van der Waals surface area contributed by atoms with Crippen molar-refractivity contribution in [3.63, 3.8) is 0 Å². The van der Waals surface area contributed by atoms with E-state index in [0.29, 0.717) is 12.5 Å². The first-order valence-corrected chi connectivity index (χ1v) is 7.93. The van der Waals surface area contributed by atoms with E-state index >= 15 is 0 Å². The van der Waals surface area contributed by atoms with E-state index < -0.39 is 0 Å². The zero-order chi connectivity index (χ0) is 14.4. The molecule has 1 saturated heterocycles. The third-order valence-electron chi connectivity index (χ3n) is 4.58. The van der Waals surface area contributed by atoms with Crippen molar-refractivity contribution in [1.29, 1.82) is 0 Å². The van der Waals surface area contributed by atoms with Crippen LogP contribution in [0.4, 0.5) is 4.79 Å². The Morgan fingerprint density at radius 1 is 1.45 bits per heavy atom. The highest BCUT2D eigenvalue weighted by atomic mass is 16.5. The van der Waals surface area contributed by atoms with Crippen molar-refractivity contribution in [1.82, 2.24) is 10.6 Å². The average molecular weight is 284 g/mol. The van der Waals surface area contributed by atoms with Crippen molar-refractivity contribution in [3.8, 4) is 0 Å². The number of aliphatic hydroxyl groups excluding tert-OH is 1. The first-order chi connectivity index (χ1) is 9.63. The standard InChI is InChI=1S/C15H28N2O3/c1-12(4-8-18)11-16-14(19)17-13-5-9-20-15(10-13)6-2-3-7-15/h12-13,18H,2-11H2,1H3,(H2,16,17,19). The van der Waals surface area contributed by atoms with Gasteiger partial charge in [0.05, 0.1) is 5.60 Å². The van der Waals surface area contributed by atoms with Gasteiger partial charge in [-0.2, -0.15) is 0 Å². The molecule has 1 spiro atoms. The lowest BCUT2D eigenvalue weighted by Crippen LogP contribution is -2.50. The lowest BCUT2D eigenvalue weighted by Gasteiger charge is -2.38. The minimum Gasteiger partial charge on any atom is -0.396 e. The molecule has 0 radical (unpaired) electrons. The molecule has 2 unspecified atom stereocenters. The molecule has 2 atom stereocenters. The lowest BCUT2D eigenvalue weighted by molar-refractivity contribution is -0.0820. The fourth-order valence-electron chi connectivity index (χ4n) is 3.34. The summed E-state index contributed by atoms with van der Waals surface area (Å²) >= 11 is 0. The Morgan fingerprint density at radius 3 is 2.90 bits per heavy atom. The van der Waals surface area contributed by atoms with Gasteiger partial charge in [0.2, 0.25) is 0 Å². The van der Waals surface area contributed by atoms with Crippen LogP contribution in [0, 0.1) is 5.92 Å². The fourth-order valence-corrected chi connectivity index (χ4v) is 3.34. The number of carbonyl (C=O) groups excluding carboxylic acids is 1. The molecule has 2 aliphatic rings. The van der Waals surface area contributed by atoms with Gasteiger partial charge in [-0.25, -0.2) is 4.79 Å². The number of hydrogen-bond acceptors (Lipinski definition) is 3. The topological polar surface area (TPSA) is 70.6 Å². The third kappa shape index (κ3) is 4.35. The van der Waals surface area contributed by atoms with Gasteiger partial charge < -0.3 is 20.5 Å². The van der Waals surface area contributed by atoms with E-state index in [1.807, 2.05) is 6.92 Å². The van der Waals surface area contributed by atoms with Crippen LogP contribution in [0.3, 0.4) is 0 Å². The van der Waals surface area contributed by atoms with Gasteiger partial charge >= 0.3 is 6.03 Å². The molecule has 1 heterocycles. The number of amides is 2. The average Bonchev–Trinajstić information content (AvgIpc) is 2.85. The predicted molar refractivity (Wildman–Crippen MR) is 77.6 cm³/mol. The first-order valence-electron chi connectivity index (χ1n) is 7.93. The number of aliphatic hydroxyl groups is 1. The first kappa shape index (κ1) is 15.6. The number of hydrogen-bond donors (Lipinski definition) is 3. The van der Waals surface area contributed by atoms with Crippen molar-refractivity contribution in [3.05, 3.63) is 0 Å².